The number of unbranched alkanes of at least 4 members (excludes halogenated alkanes) is 5. The quantitative estimate of drug-likeness (QED) is 0.333. The Kier molecular flexibility index (Phi) is 10.2. The monoisotopic (exact) mass is 324 g/mol. The number of carbonyl (C=O) groups excluding carboxylic acids is 1. The minimum Gasteiger partial charge on any atom is -0.282 e. The highest BCUT2D eigenvalue weighted by Gasteiger charge is 2.33. The molecule has 1 saturated carbocycles. The molecule has 0 aromatic carbocycles. The summed E-state index contributed by atoms with van der Waals surface area (Å²) in [6.07, 6.45) is 18.4. The summed E-state index contributed by atoms with van der Waals surface area (Å²) in [6, 6.07) is 0. The lowest BCUT2D eigenvalue weighted by Crippen LogP contribution is -2.28. The summed E-state index contributed by atoms with van der Waals surface area (Å²) in [7, 11) is 0. The first kappa shape index (κ1) is 19.8. The topological polar surface area (TPSA) is 17.1 Å². The van der Waals surface area contributed by atoms with E-state index in [1.165, 1.54) is 89.9 Å². The fourth-order valence-corrected chi connectivity index (χ4v) is 4.77. The van der Waals surface area contributed by atoms with E-state index in [9.17, 15) is 4.79 Å². The summed E-state index contributed by atoms with van der Waals surface area (Å²) in [5.74, 6) is 0. The van der Waals surface area contributed by atoms with E-state index in [-0.39, 0.29) is 9.86 Å². The lowest BCUT2D eigenvalue weighted by Gasteiger charge is -2.34. The second kappa shape index (κ2) is 11.3. The van der Waals surface area contributed by atoms with Crippen LogP contribution in [0.15, 0.2) is 12.2 Å². The summed E-state index contributed by atoms with van der Waals surface area (Å²) in [4.78, 5) is 12.3. The molecule has 0 amide bonds. The Balaban J connectivity index is 2.52. The predicted octanol–water partition coefficient (Wildman–Crippen LogP) is 7.06. The van der Waals surface area contributed by atoms with Gasteiger partial charge in [0, 0.05) is 4.75 Å². The van der Waals surface area contributed by atoms with Crippen LogP contribution in [0, 0.1) is 0 Å². The average molecular weight is 325 g/mol. The lowest BCUT2D eigenvalue weighted by molar-refractivity contribution is -0.107. The molecular formula is C20H36OS. The van der Waals surface area contributed by atoms with E-state index in [4.69, 9.17) is 0 Å². The maximum Gasteiger partial charge on any atom is 0.214 e. The Morgan fingerprint density at radius 1 is 0.955 bits per heavy atom. The van der Waals surface area contributed by atoms with Crippen molar-refractivity contribution in [2.24, 2.45) is 0 Å². The van der Waals surface area contributed by atoms with Crippen LogP contribution in [0.25, 0.3) is 0 Å². The molecule has 0 aromatic heterocycles. The molecule has 0 atom stereocenters. The van der Waals surface area contributed by atoms with Gasteiger partial charge in [-0.25, -0.2) is 0 Å². The van der Waals surface area contributed by atoms with Gasteiger partial charge in [-0.2, -0.15) is 0 Å². The van der Waals surface area contributed by atoms with Crippen LogP contribution in [0.3, 0.4) is 0 Å². The summed E-state index contributed by atoms with van der Waals surface area (Å²) < 4.78 is 0.210. The van der Waals surface area contributed by atoms with Gasteiger partial charge in [-0.1, -0.05) is 95.9 Å². The molecule has 0 radical (unpaired) electrons. The molecule has 0 heterocycles. The zero-order valence-corrected chi connectivity index (χ0v) is 15.7. The van der Waals surface area contributed by atoms with E-state index in [1.807, 2.05) is 6.92 Å². The average Bonchev–Trinajstić information content (AvgIpc) is 2.46. The van der Waals surface area contributed by atoms with Gasteiger partial charge >= 0.3 is 0 Å². The Hall–Kier alpha value is -0.240. The minimum atomic E-state index is 0.210. The molecule has 0 unspecified atom stereocenters. The highest BCUT2D eigenvalue weighted by Crippen LogP contribution is 2.43. The Morgan fingerprint density at radius 2 is 1.50 bits per heavy atom. The molecule has 0 aliphatic heterocycles. The van der Waals surface area contributed by atoms with Crippen LogP contribution in [0.1, 0.15) is 104 Å². The molecule has 22 heavy (non-hydrogen) atoms. The summed E-state index contributed by atoms with van der Waals surface area (Å²) >= 11 is 1.63. The second-order valence-corrected chi connectivity index (χ2v) is 8.58. The van der Waals surface area contributed by atoms with Crippen molar-refractivity contribution < 1.29 is 4.79 Å². The second-order valence-electron chi connectivity index (χ2n) is 7.14. The SMILES string of the molecule is C=C(C)C(=O)SC1(CCCCCCCC)CCCCCCC1. The van der Waals surface area contributed by atoms with Gasteiger partial charge in [0.2, 0.25) is 5.12 Å². The third-order valence-electron chi connectivity index (χ3n) is 4.91. The number of carbonyl (C=O) groups is 1. The van der Waals surface area contributed by atoms with Gasteiger partial charge in [-0.05, 0) is 31.8 Å². The van der Waals surface area contributed by atoms with Gasteiger partial charge < -0.3 is 0 Å². The highest BCUT2D eigenvalue weighted by atomic mass is 32.2. The van der Waals surface area contributed by atoms with Crippen molar-refractivity contribution in [3.63, 3.8) is 0 Å². The normalized spacial score (nSPS) is 18.5. The third-order valence-corrected chi connectivity index (χ3v) is 6.49. The van der Waals surface area contributed by atoms with Crippen LogP contribution in [-0.4, -0.2) is 9.86 Å². The van der Waals surface area contributed by atoms with E-state index in [0.29, 0.717) is 0 Å². The van der Waals surface area contributed by atoms with Crippen LogP contribution in [0.2, 0.25) is 0 Å². The molecule has 0 saturated heterocycles. The molecule has 0 spiro atoms. The van der Waals surface area contributed by atoms with E-state index >= 15 is 0 Å². The first-order valence-corrected chi connectivity index (χ1v) is 10.3. The predicted molar refractivity (Wildman–Crippen MR) is 100 cm³/mol. The molecule has 0 N–H and O–H groups in total. The van der Waals surface area contributed by atoms with Crippen LogP contribution in [0.5, 0.6) is 0 Å². The largest absolute Gasteiger partial charge is 0.282 e. The van der Waals surface area contributed by atoms with Crippen molar-refractivity contribution in [2.75, 3.05) is 0 Å². The van der Waals surface area contributed by atoms with Gasteiger partial charge in [-0.3, -0.25) is 4.79 Å². The molecule has 0 aromatic rings. The Labute approximate surface area is 142 Å². The van der Waals surface area contributed by atoms with E-state index in [2.05, 4.69) is 13.5 Å². The van der Waals surface area contributed by atoms with Gasteiger partial charge in [-0.15, -0.1) is 0 Å². The number of thioether (sulfide) groups is 1. The Bertz CT molecular complexity index is 327. The first-order chi connectivity index (χ1) is 10.6. The van der Waals surface area contributed by atoms with Gasteiger partial charge in [0.1, 0.15) is 0 Å². The zero-order chi connectivity index (χ0) is 16.3. The summed E-state index contributed by atoms with van der Waals surface area (Å²) in [6.45, 7) is 7.98. The maximum atomic E-state index is 12.3. The first-order valence-electron chi connectivity index (χ1n) is 9.48. The Morgan fingerprint density at radius 3 is 2.09 bits per heavy atom. The molecule has 1 fully saturated rings. The van der Waals surface area contributed by atoms with Crippen molar-refractivity contribution in [1.82, 2.24) is 0 Å². The minimum absolute atomic E-state index is 0.210. The molecule has 1 aliphatic rings. The van der Waals surface area contributed by atoms with Crippen molar-refractivity contribution >= 4 is 16.9 Å². The maximum absolute atomic E-state index is 12.3. The molecule has 1 aliphatic carbocycles. The molecule has 0 bridgehead atoms. The van der Waals surface area contributed by atoms with E-state index < -0.39 is 0 Å². The standard InChI is InChI=1S/C20H36OS/c1-4-5-6-7-9-12-15-20(22-19(21)18(2)3)16-13-10-8-11-14-17-20/h2,4-17H2,1,3H3. The summed E-state index contributed by atoms with van der Waals surface area (Å²) in [5, 5.41) is 0.228. The zero-order valence-electron chi connectivity index (χ0n) is 14.9. The van der Waals surface area contributed by atoms with Crippen LogP contribution in [0.4, 0.5) is 0 Å². The molecule has 1 nitrogen and oxygen atoms in total. The van der Waals surface area contributed by atoms with Gasteiger partial charge in [0.25, 0.3) is 0 Å². The van der Waals surface area contributed by atoms with Crippen molar-refractivity contribution in [3.8, 4) is 0 Å². The number of hydrogen-bond donors (Lipinski definition) is 0. The van der Waals surface area contributed by atoms with E-state index in [1.54, 1.807) is 11.8 Å². The highest BCUT2D eigenvalue weighted by molar-refractivity contribution is 8.15. The number of hydrogen-bond acceptors (Lipinski definition) is 2. The smallest absolute Gasteiger partial charge is 0.214 e. The lowest BCUT2D eigenvalue weighted by atomic mass is 9.86. The van der Waals surface area contributed by atoms with Gasteiger partial charge in [0.15, 0.2) is 0 Å². The third kappa shape index (κ3) is 7.85. The molecule has 2 heteroatoms. The van der Waals surface area contributed by atoms with Gasteiger partial charge in [0.05, 0.1) is 0 Å². The van der Waals surface area contributed by atoms with Crippen molar-refractivity contribution in [2.45, 2.75) is 108 Å². The van der Waals surface area contributed by atoms with Crippen LogP contribution < -0.4 is 0 Å². The molecule has 1 rings (SSSR count). The van der Waals surface area contributed by atoms with Crippen LogP contribution >= 0.6 is 11.8 Å². The fourth-order valence-electron chi connectivity index (χ4n) is 3.46. The van der Waals surface area contributed by atoms with Crippen LogP contribution in [-0.2, 0) is 4.79 Å². The summed E-state index contributed by atoms with van der Waals surface area (Å²) in [5.41, 5.74) is 0.717. The fraction of sp³-hybridized carbons (Fsp3) is 0.850. The molecule has 128 valence electrons. The molecular weight excluding hydrogens is 288 g/mol. The number of rotatable bonds is 9. The van der Waals surface area contributed by atoms with Crippen molar-refractivity contribution in [3.05, 3.63) is 12.2 Å². The van der Waals surface area contributed by atoms with E-state index in [0.717, 1.165) is 5.57 Å². The van der Waals surface area contributed by atoms with Crippen molar-refractivity contribution in [1.29, 1.82) is 0 Å².